The monoisotopic (exact) mass is 1180 g/mol. The highest BCUT2D eigenvalue weighted by Crippen LogP contribution is 2.35. The first-order valence-corrected chi connectivity index (χ1v) is 24.1. The van der Waals surface area contributed by atoms with Gasteiger partial charge in [-0.15, -0.1) is 12.4 Å². The molecular weight excluding hydrogens is 1130 g/mol. The molecular formula is C57H52Cl2F6N14O4. The van der Waals surface area contributed by atoms with Gasteiger partial charge >= 0.3 is 13.8 Å². The van der Waals surface area contributed by atoms with Crippen LogP contribution in [-0.4, -0.2) is 78.5 Å². The molecule has 26 heteroatoms. The summed E-state index contributed by atoms with van der Waals surface area (Å²) in [5.41, 5.74) is 6.18. The smallest absolute Gasteiger partial charge is 1.00 e. The number of nitrogens with one attached hydrogen (secondary N) is 4. The normalized spacial score (nSPS) is 10.7. The zero-order valence-electron chi connectivity index (χ0n) is 45.5. The van der Waals surface area contributed by atoms with Crippen LogP contribution in [0.2, 0.25) is 0 Å². The number of nitrogens with zero attached hydrogens (tertiary/aromatic N) is 10. The number of carbonyl (C=O) groups is 2. The molecule has 0 unspecified atom stereocenters. The first kappa shape index (κ1) is 64.2. The van der Waals surface area contributed by atoms with Gasteiger partial charge in [0.2, 0.25) is 11.9 Å². The third kappa shape index (κ3) is 16.7. The Balaban J connectivity index is 0.000000335. The molecule has 6 heterocycles. The number of aromatic nitrogens is 10. The molecule has 0 saturated carbocycles. The molecule has 0 aliphatic heterocycles. The van der Waals surface area contributed by atoms with Crippen molar-refractivity contribution in [2.75, 3.05) is 28.4 Å². The number of benzene rings is 4. The summed E-state index contributed by atoms with van der Waals surface area (Å²) in [6, 6.07) is 27.4. The second-order valence-corrected chi connectivity index (χ2v) is 17.6. The van der Waals surface area contributed by atoms with E-state index >= 15 is 0 Å². The fraction of sp³-hybridized carbons (Fsp3) is 0.123. The fourth-order valence-electron chi connectivity index (χ4n) is 7.75. The van der Waals surface area contributed by atoms with Crippen LogP contribution >= 0.6 is 12.4 Å². The zero-order valence-corrected chi connectivity index (χ0v) is 46.0. The van der Waals surface area contributed by atoms with E-state index in [1.165, 1.54) is 33.9 Å². The van der Waals surface area contributed by atoms with Crippen molar-refractivity contribution in [3.63, 3.8) is 0 Å². The third-order valence-electron chi connectivity index (χ3n) is 11.7. The molecule has 0 radical (unpaired) electrons. The Labute approximate surface area is 484 Å². The van der Waals surface area contributed by atoms with Crippen LogP contribution in [0.15, 0.2) is 171 Å². The van der Waals surface area contributed by atoms with Crippen LogP contribution in [0, 0.1) is 27.7 Å². The Hall–Kier alpha value is -9.62. The number of aliphatic hydroxyl groups is 1. The number of rotatable bonds is 12. The van der Waals surface area contributed by atoms with Crippen LogP contribution in [0.1, 0.15) is 55.8 Å². The van der Waals surface area contributed by atoms with E-state index in [0.29, 0.717) is 46.0 Å². The lowest BCUT2D eigenvalue weighted by atomic mass is 10.1. The second kappa shape index (κ2) is 28.2. The number of pyridine rings is 2. The molecule has 430 valence electrons. The van der Waals surface area contributed by atoms with Crippen molar-refractivity contribution < 1.29 is 60.3 Å². The minimum atomic E-state index is -4.60. The van der Waals surface area contributed by atoms with Crippen LogP contribution in [0.3, 0.4) is 0 Å². The average molecular weight is 1180 g/mol. The van der Waals surface area contributed by atoms with Gasteiger partial charge in [-0.2, -0.15) is 26.3 Å². The Bertz CT molecular complexity index is 3580. The van der Waals surface area contributed by atoms with E-state index in [-0.39, 0.29) is 65.6 Å². The average Bonchev–Trinajstić information content (AvgIpc) is 4.28. The molecule has 0 aliphatic rings. The van der Waals surface area contributed by atoms with Crippen molar-refractivity contribution in [2.24, 2.45) is 0 Å². The summed E-state index contributed by atoms with van der Waals surface area (Å²) < 4.78 is 84.6. The lowest BCUT2D eigenvalue weighted by molar-refractivity contribution is -0.138. The van der Waals surface area contributed by atoms with E-state index in [4.69, 9.17) is 5.11 Å². The minimum absolute atomic E-state index is 0. The maximum atomic E-state index is 13.6. The van der Waals surface area contributed by atoms with Crippen LogP contribution < -0.4 is 33.7 Å². The number of amides is 2. The van der Waals surface area contributed by atoms with Crippen LogP contribution in [0.25, 0.3) is 33.9 Å². The Kier molecular flexibility index (Phi) is 21.8. The summed E-state index contributed by atoms with van der Waals surface area (Å²) in [7, 11) is 1.00. The first-order valence-electron chi connectivity index (χ1n) is 24.1. The maximum absolute atomic E-state index is 13.6. The number of carbonyl (C=O) groups excluding carboxylic acids is 2. The van der Waals surface area contributed by atoms with Gasteiger partial charge in [-0.3, -0.25) is 19.6 Å². The predicted molar refractivity (Wildman–Crippen MR) is 302 cm³/mol. The molecule has 7 N–H and O–H groups in total. The van der Waals surface area contributed by atoms with Gasteiger partial charge in [0, 0.05) is 113 Å². The SMILES string of the molecule is CO.Cc1cn(-c2cc(NC(=O)c3ccc(C)c(Nc4nccc(-c5cccnc5)n4)c3)cc(C(F)(F)F)c2)cn1.Cc1cn(-c2cc(NC(=O)c3ccc(C)c(Nc4nccc(-c5cccnc5)n4)c3)cc(C(F)(F)F)c2)cn1.Cl.O.[Cl-].[H+]. The number of alkyl halides is 6. The van der Waals surface area contributed by atoms with Crippen molar-refractivity contribution in [1.82, 2.24) is 49.0 Å². The van der Waals surface area contributed by atoms with E-state index < -0.39 is 35.3 Å². The molecule has 18 nitrogen and oxygen atoms in total. The number of imidazole rings is 2. The predicted octanol–water partition coefficient (Wildman–Crippen LogP) is 9.03. The number of hydrogen-bond donors (Lipinski definition) is 5. The Morgan fingerprint density at radius 3 is 1.27 bits per heavy atom. The molecule has 0 saturated heterocycles. The van der Waals surface area contributed by atoms with E-state index in [9.17, 15) is 35.9 Å². The van der Waals surface area contributed by atoms with Gasteiger partial charge in [-0.25, -0.2) is 29.9 Å². The molecule has 6 aromatic heterocycles. The standard InChI is InChI=1S/2C28H22F3N7O.CH4O.2ClH.H2O/c2*1-17-5-6-19(10-25(17)37-27-33-9-7-24(36-27)20-4-3-8-32-14-20)26(39)35-22-11-21(28(29,30)31)12-23(13-22)38-15-18(2)34-16-38;1-2;;;/h2*3-16H,1-2H3,(H,35,39)(H,33,36,37);2H,1H3;2*1H;1H2. The molecule has 0 fully saturated rings. The van der Waals surface area contributed by atoms with Gasteiger partial charge in [-0.1, -0.05) is 12.1 Å². The molecule has 0 bridgehead atoms. The summed E-state index contributed by atoms with van der Waals surface area (Å²) in [6.45, 7) is 7.16. The van der Waals surface area contributed by atoms with Gasteiger partial charge in [0.1, 0.15) is 0 Å². The largest absolute Gasteiger partial charge is 1.00 e. The lowest BCUT2D eigenvalue weighted by Gasteiger charge is -2.14. The van der Waals surface area contributed by atoms with Crippen molar-refractivity contribution >= 4 is 58.9 Å². The fourth-order valence-corrected chi connectivity index (χ4v) is 7.75. The Morgan fingerprint density at radius 2 is 0.928 bits per heavy atom. The topological polar surface area (TPSA) is 247 Å². The van der Waals surface area contributed by atoms with Gasteiger partial charge in [0.25, 0.3) is 11.8 Å². The van der Waals surface area contributed by atoms with Crippen LogP contribution in [0.4, 0.5) is 61.0 Å². The van der Waals surface area contributed by atoms with Gasteiger partial charge in [0.15, 0.2) is 0 Å². The summed E-state index contributed by atoms with van der Waals surface area (Å²) in [4.78, 5) is 60.1. The van der Waals surface area contributed by atoms with Gasteiger partial charge in [-0.05, 0) is 136 Å². The van der Waals surface area contributed by atoms with Crippen LogP contribution in [0.5, 0.6) is 0 Å². The molecule has 83 heavy (non-hydrogen) atoms. The van der Waals surface area contributed by atoms with Gasteiger partial charge in [0.05, 0.1) is 46.6 Å². The highest BCUT2D eigenvalue weighted by Gasteiger charge is 2.33. The lowest BCUT2D eigenvalue weighted by Crippen LogP contribution is -3.00. The number of aryl methyl sites for hydroxylation is 4. The van der Waals surface area contributed by atoms with Crippen molar-refractivity contribution in [3.05, 3.63) is 216 Å². The van der Waals surface area contributed by atoms with Crippen molar-refractivity contribution in [1.29, 1.82) is 0 Å². The van der Waals surface area contributed by atoms with Crippen molar-refractivity contribution in [2.45, 2.75) is 40.0 Å². The molecule has 10 aromatic rings. The zero-order chi connectivity index (χ0) is 57.1. The summed E-state index contributed by atoms with van der Waals surface area (Å²) in [6.07, 6.45) is 6.77. The summed E-state index contributed by atoms with van der Waals surface area (Å²) in [5, 5.41) is 18.4. The number of anilines is 6. The third-order valence-corrected chi connectivity index (χ3v) is 11.7. The Morgan fingerprint density at radius 1 is 0.530 bits per heavy atom. The highest BCUT2D eigenvalue weighted by molar-refractivity contribution is 6.06. The van der Waals surface area contributed by atoms with E-state index in [0.717, 1.165) is 53.6 Å². The number of halogens is 8. The summed E-state index contributed by atoms with van der Waals surface area (Å²) in [5.74, 6) is -0.518. The van der Waals surface area contributed by atoms with E-state index in [1.807, 2.05) is 26.0 Å². The molecule has 2 amide bonds. The number of aliphatic hydroxyl groups excluding tert-OH is 1. The van der Waals surface area contributed by atoms with E-state index in [2.05, 4.69) is 61.1 Å². The molecule has 4 aromatic carbocycles. The first-order chi connectivity index (χ1) is 38.3. The molecule has 0 spiro atoms. The maximum Gasteiger partial charge on any atom is 1.00 e. The minimum Gasteiger partial charge on any atom is -1.00 e. The second-order valence-electron chi connectivity index (χ2n) is 17.6. The van der Waals surface area contributed by atoms with Gasteiger partial charge < -0.3 is 53.4 Å². The van der Waals surface area contributed by atoms with E-state index in [1.54, 1.807) is 124 Å². The summed E-state index contributed by atoms with van der Waals surface area (Å²) >= 11 is 0. The van der Waals surface area contributed by atoms with Crippen molar-refractivity contribution in [3.8, 4) is 33.9 Å². The van der Waals surface area contributed by atoms with Crippen LogP contribution in [-0.2, 0) is 12.4 Å². The highest BCUT2D eigenvalue weighted by atomic mass is 35.5. The molecule has 10 rings (SSSR count). The molecule has 0 atom stereocenters. The number of hydrogen-bond acceptors (Lipinski definition) is 13. The molecule has 0 aliphatic carbocycles. The quantitative estimate of drug-likeness (QED) is 0.0718.